The van der Waals surface area contributed by atoms with E-state index in [2.05, 4.69) is 0 Å². The molecule has 1 aliphatic heterocycles. The fraction of sp³-hybridized carbons (Fsp3) is 0.538. The monoisotopic (exact) mass is 303 g/mol. The first kappa shape index (κ1) is 14.6. The van der Waals surface area contributed by atoms with Gasteiger partial charge in [0.1, 0.15) is 5.75 Å². The molecule has 2 rings (SSSR count). The van der Waals surface area contributed by atoms with Gasteiger partial charge in [-0.05, 0) is 30.5 Å². The molecular formula is C13H18ClNO3S. The minimum Gasteiger partial charge on any atom is -0.497 e. The number of ether oxygens (including phenoxy) is 1. The largest absolute Gasteiger partial charge is 0.497 e. The molecule has 1 aromatic rings. The van der Waals surface area contributed by atoms with E-state index in [0.29, 0.717) is 6.54 Å². The van der Waals surface area contributed by atoms with Crippen LogP contribution in [0.2, 0.25) is 0 Å². The van der Waals surface area contributed by atoms with Gasteiger partial charge in [0.15, 0.2) is 0 Å². The minimum absolute atomic E-state index is 0.00120. The number of rotatable bonds is 5. The molecule has 106 valence electrons. The molecule has 1 saturated heterocycles. The highest BCUT2D eigenvalue weighted by atomic mass is 35.5. The van der Waals surface area contributed by atoms with E-state index in [1.54, 1.807) is 11.4 Å². The van der Waals surface area contributed by atoms with Crippen molar-refractivity contribution < 1.29 is 13.2 Å². The Morgan fingerprint density at radius 1 is 1.37 bits per heavy atom. The van der Waals surface area contributed by atoms with E-state index in [9.17, 15) is 8.42 Å². The summed E-state index contributed by atoms with van der Waals surface area (Å²) in [4.78, 5) is 0. The second-order valence-electron chi connectivity index (χ2n) is 4.55. The number of benzene rings is 1. The van der Waals surface area contributed by atoms with Gasteiger partial charge in [0, 0.05) is 18.5 Å². The highest BCUT2D eigenvalue weighted by Crippen LogP contribution is 2.34. The normalized spacial score (nSPS) is 20.6. The van der Waals surface area contributed by atoms with Crippen LogP contribution < -0.4 is 4.74 Å². The van der Waals surface area contributed by atoms with Crippen molar-refractivity contribution in [2.24, 2.45) is 0 Å². The van der Waals surface area contributed by atoms with Gasteiger partial charge in [-0.25, -0.2) is 8.42 Å². The Balaban J connectivity index is 2.22. The average Bonchev–Trinajstić information content (AvgIpc) is 2.89. The summed E-state index contributed by atoms with van der Waals surface area (Å²) in [7, 11) is -1.64. The Labute approximate surface area is 119 Å². The standard InChI is InChI=1S/C13H18ClNO3S/c1-18-12-6-4-11(5-7-12)13-3-2-9-15(13)19(16,17)10-8-14/h4-7,13H,2-3,8-10H2,1H3. The topological polar surface area (TPSA) is 46.6 Å². The lowest BCUT2D eigenvalue weighted by Gasteiger charge is -2.24. The van der Waals surface area contributed by atoms with Crippen molar-refractivity contribution in [3.05, 3.63) is 29.8 Å². The number of halogens is 1. The van der Waals surface area contributed by atoms with E-state index in [0.717, 1.165) is 24.2 Å². The highest BCUT2D eigenvalue weighted by Gasteiger charge is 2.34. The van der Waals surface area contributed by atoms with Crippen LogP contribution in [-0.4, -0.2) is 38.0 Å². The Kier molecular flexibility index (Phi) is 4.71. The third kappa shape index (κ3) is 3.22. The van der Waals surface area contributed by atoms with E-state index in [1.165, 1.54) is 0 Å². The van der Waals surface area contributed by atoms with Crippen LogP contribution in [0, 0.1) is 0 Å². The predicted octanol–water partition coefficient (Wildman–Crippen LogP) is 2.40. The molecule has 0 saturated carbocycles. The molecule has 1 fully saturated rings. The van der Waals surface area contributed by atoms with Crippen molar-refractivity contribution in [2.45, 2.75) is 18.9 Å². The fourth-order valence-corrected chi connectivity index (χ4v) is 4.48. The lowest BCUT2D eigenvalue weighted by molar-refractivity contribution is 0.395. The van der Waals surface area contributed by atoms with E-state index in [1.807, 2.05) is 24.3 Å². The first-order chi connectivity index (χ1) is 9.08. The molecule has 0 aliphatic carbocycles. The molecule has 4 nitrogen and oxygen atoms in total. The first-order valence-electron chi connectivity index (χ1n) is 6.28. The summed E-state index contributed by atoms with van der Waals surface area (Å²) >= 11 is 5.58. The number of alkyl halides is 1. The highest BCUT2D eigenvalue weighted by molar-refractivity contribution is 7.89. The maximum absolute atomic E-state index is 12.2. The average molecular weight is 304 g/mol. The molecule has 6 heteroatoms. The van der Waals surface area contributed by atoms with Crippen molar-refractivity contribution >= 4 is 21.6 Å². The van der Waals surface area contributed by atoms with Crippen LogP contribution in [0.15, 0.2) is 24.3 Å². The van der Waals surface area contributed by atoms with Gasteiger partial charge >= 0.3 is 0 Å². The van der Waals surface area contributed by atoms with Gasteiger partial charge in [0.25, 0.3) is 0 Å². The van der Waals surface area contributed by atoms with Crippen LogP contribution in [0.3, 0.4) is 0 Å². The molecule has 0 radical (unpaired) electrons. The van der Waals surface area contributed by atoms with Crippen molar-refractivity contribution in [3.8, 4) is 5.75 Å². The second kappa shape index (κ2) is 6.11. The SMILES string of the molecule is COc1ccc(C2CCCN2S(=O)(=O)CCCl)cc1. The molecule has 1 aliphatic rings. The van der Waals surface area contributed by atoms with Gasteiger partial charge in [0.05, 0.1) is 12.9 Å². The summed E-state index contributed by atoms with van der Waals surface area (Å²) in [6.45, 7) is 0.579. The van der Waals surface area contributed by atoms with Crippen LogP contribution >= 0.6 is 11.6 Å². The van der Waals surface area contributed by atoms with Crippen LogP contribution in [0.1, 0.15) is 24.4 Å². The third-order valence-corrected chi connectivity index (χ3v) is 5.68. The van der Waals surface area contributed by atoms with Gasteiger partial charge in [-0.15, -0.1) is 11.6 Å². The summed E-state index contributed by atoms with van der Waals surface area (Å²) in [6, 6.07) is 7.51. The summed E-state index contributed by atoms with van der Waals surface area (Å²) in [5.41, 5.74) is 1.01. The number of sulfonamides is 1. The van der Waals surface area contributed by atoms with Crippen molar-refractivity contribution in [2.75, 3.05) is 25.3 Å². The van der Waals surface area contributed by atoms with Gasteiger partial charge in [-0.1, -0.05) is 12.1 Å². The zero-order valence-corrected chi connectivity index (χ0v) is 12.5. The number of hydrogen-bond acceptors (Lipinski definition) is 3. The van der Waals surface area contributed by atoms with Crippen LogP contribution in [0.5, 0.6) is 5.75 Å². The van der Waals surface area contributed by atoms with Crippen LogP contribution in [0.25, 0.3) is 0 Å². The maximum atomic E-state index is 12.2. The molecule has 0 aromatic heterocycles. The smallest absolute Gasteiger partial charge is 0.215 e. The molecule has 1 aromatic carbocycles. The van der Waals surface area contributed by atoms with E-state index in [4.69, 9.17) is 16.3 Å². The van der Waals surface area contributed by atoms with Crippen molar-refractivity contribution in [3.63, 3.8) is 0 Å². The molecular weight excluding hydrogens is 286 g/mol. The fourth-order valence-electron chi connectivity index (χ4n) is 2.45. The molecule has 0 amide bonds. The Morgan fingerprint density at radius 2 is 2.05 bits per heavy atom. The molecule has 19 heavy (non-hydrogen) atoms. The van der Waals surface area contributed by atoms with Crippen molar-refractivity contribution in [1.29, 1.82) is 0 Å². The van der Waals surface area contributed by atoms with Gasteiger partial charge < -0.3 is 4.74 Å². The Morgan fingerprint density at radius 3 is 2.63 bits per heavy atom. The maximum Gasteiger partial charge on any atom is 0.215 e. The molecule has 0 bridgehead atoms. The molecule has 1 heterocycles. The predicted molar refractivity (Wildman–Crippen MR) is 76.2 cm³/mol. The van der Waals surface area contributed by atoms with Gasteiger partial charge in [-0.3, -0.25) is 0 Å². The van der Waals surface area contributed by atoms with Crippen molar-refractivity contribution in [1.82, 2.24) is 4.31 Å². The summed E-state index contributed by atoms with van der Waals surface area (Å²) in [5, 5.41) is 0. The Hall–Kier alpha value is -0.780. The summed E-state index contributed by atoms with van der Waals surface area (Å²) in [6.07, 6.45) is 1.74. The molecule has 0 N–H and O–H groups in total. The van der Waals surface area contributed by atoms with Crippen LogP contribution in [-0.2, 0) is 10.0 Å². The second-order valence-corrected chi connectivity index (χ2v) is 6.97. The van der Waals surface area contributed by atoms with E-state index < -0.39 is 10.0 Å². The van der Waals surface area contributed by atoms with Gasteiger partial charge in [0.2, 0.25) is 10.0 Å². The third-order valence-electron chi connectivity index (χ3n) is 3.40. The summed E-state index contributed by atoms with van der Waals surface area (Å²) in [5.74, 6) is 0.909. The number of nitrogens with zero attached hydrogens (tertiary/aromatic N) is 1. The lowest BCUT2D eigenvalue weighted by atomic mass is 10.1. The Bertz CT molecular complexity index is 515. The number of methoxy groups -OCH3 is 1. The van der Waals surface area contributed by atoms with Crippen LogP contribution in [0.4, 0.5) is 0 Å². The van der Waals surface area contributed by atoms with Gasteiger partial charge in [-0.2, -0.15) is 4.31 Å². The summed E-state index contributed by atoms with van der Waals surface area (Å²) < 4.78 is 31.0. The molecule has 1 atom stereocenters. The molecule has 1 unspecified atom stereocenters. The van der Waals surface area contributed by atoms with E-state index >= 15 is 0 Å². The molecule has 0 spiro atoms. The van der Waals surface area contributed by atoms with E-state index in [-0.39, 0.29) is 17.7 Å². The quantitative estimate of drug-likeness (QED) is 0.785. The zero-order valence-electron chi connectivity index (χ0n) is 10.9. The first-order valence-corrected chi connectivity index (χ1v) is 8.42. The lowest BCUT2D eigenvalue weighted by Crippen LogP contribution is -2.33. The zero-order chi connectivity index (χ0) is 13.9. The minimum atomic E-state index is -3.25. The number of hydrogen-bond donors (Lipinski definition) is 0.